The first-order valence-electron chi connectivity index (χ1n) is 4.40. The van der Waals surface area contributed by atoms with Gasteiger partial charge in [-0.3, -0.25) is 0 Å². The number of ether oxygens (including phenoxy) is 2. The van der Waals surface area contributed by atoms with Crippen molar-refractivity contribution in [2.24, 2.45) is 0 Å². The normalized spacial score (nSPS) is 11.2. The lowest BCUT2D eigenvalue weighted by atomic mass is 10.2. The lowest BCUT2D eigenvalue weighted by Crippen LogP contribution is -1.94. The van der Waals surface area contributed by atoms with Crippen LogP contribution in [-0.4, -0.2) is 13.7 Å². The van der Waals surface area contributed by atoms with E-state index in [0.717, 1.165) is 11.3 Å². The maximum Gasteiger partial charge on any atom is 0.141 e. The van der Waals surface area contributed by atoms with E-state index in [0.29, 0.717) is 12.4 Å². The summed E-state index contributed by atoms with van der Waals surface area (Å²) in [7, 11) is 1.62. The molecule has 2 nitrogen and oxygen atoms in total. The van der Waals surface area contributed by atoms with Crippen LogP contribution in [0.1, 0.15) is 12.5 Å². The summed E-state index contributed by atoms with van der Waals surface area (Å²) in [6.07, 6.45) is 0. The molecule has 0 N–H and O–H groups in total. The Hall–Kier alpha value is -1.15. The maximum atomic E-state index is 5.67. The molecule has 0 aliphatic heterocycles. The van der Waals surface area contributed by atoms with Crippen LogP contribution in [0.25, 0.3) is 5.76 Å². The van der Waals surface area contributed by atoms with Gasteiger partial charge in [0.15, 0.2) is 0 Å². The molecule has 1 rings (SSSR count). The van der Waals surface area contributed by atoms with Gasteiger partial charge in [-0.05, 0) is 19.1 Å². The first kappa shape index (κ1) is 10.9. The van der Waals surface area contributed by atoms with Crippen LogP contribution >= 0.6 is 11.6 Å². The summed E-state index contributed by atoms with van der Waals surface area (Å²) in [6.45, 7) is 2.49. The van der Waals surface area contributed by atoms with E-state index in [9.17, 15) is 0 Å². The van der Waals surface area contributed by atoms with Crippen LogP contribution in [0.4, 0.5) is 0 Å². The molecule has 1 aromatic rings. The second kappa shape index (κ2) is 5.55. The molecule has 3 heteroatoms. The monoisotopic (exact) mass is 212 g/mol. The summed E-state index contributed by atoms with van der Waals surface area (Å²) >= 11 is 5.67. The van der Waals surface area contributed by atoms with E-state index in [2.05, 4.69) is 0 Å². The number of halogens is 1. The van der Waals surface area contributed by atoms with Crippen LogP contribution < -0.4 is 4.74 Å². The fourth-order valence-corrected chi connectivity index (χ4v) is 1.35. The van der Waals surface area contributed by atoms with Crippen LogP contribution in [0, 0.1) is 0 Å². The molecule has 0 unspecified atom stereocenters. The summed E-state index contributed by atoms with van der Waals surface area (Å²) in [5.74, 6) is 1.39. The second-order valence-corrected chi connectivity index (χ2v) is 2.82. The largest absolute Gasteiger partial charge is 0.496 e. The summed E-state index contributed by atoms with van der Waals surface area (Å²) in [6, 6.07) is 7.59. The number of hydrogen-bond acceptors (Lipinski definition) is 2. The Kier molecular flexibility index (Phi) is 4.33. The van der Waals surface area contributed by atoms with Gasteiger partial charge in [0.2, 0.25) is 0 Å². The first-order valence-corrected chi connectivity index (χ1v) is 4.83. The molecule has 0 radical (unpaired) electrons. The van der Waals surface area contributed by atoms with Crippen molar-refractivity contribution < 1.29 is 9.47 Å². The number of rotatable bonds is 4. The highest BCUT2D eigenvalue weighted by molar-refractivity contribution is 6.27. The molecule has 0 heterocycles. The van der Waals surface area contributed by atoms with E-state index in [1.807, 2.05) is 31.2 Å². The molecule has 0 amide bonds. The average Bonchev–Trinajstić information content (AvgIpc) is 2.26. The quantitative estimate of drug-likeness (QED) is 0.714. The van der Waals surface area contributed by atoms with Gasteiger partial charge in [-0.15, -0.1) is 0 Å². The van der Waals surface area contributed by atoms with E-state index in [4.69, 9.17) is 21.1 Å². The number of methoxy groups -OCH3 is 1. The molecule has 0 fully saturated rings. The lowest BCUT2D eigenvalue weighted by molar-refractivity contribution is 0.296. The van der Waals surface area contributed by atoms with Gasteiger partial charge < -0.3 is 9.47 Å². The molecule has 76 valence electrons. The standard InChI is InChI=1S/C11H13ClO2/c1-3-14-11(8-12)9-6-4-5-7-10(9)13-2/h4-8H,3H2,1-2H3/b11-8+. The number of hydrogen-bond donors (Lipinski definition) is 0. The Balaban J connectivity index is 3.03. The van der Waals surface area contributed by atoms with Crippen molar-refractivity contribution in [3.8, 4) is 5.75 Å². The topological polar surface area (TPSA) is 18.5 Å². The van der Waals surface area contributed by atoms with Gasteiger partial charge in [0.25, 0.3) is 0 Å². The molecule has 1 aromatic carbocycles. The van der Waals surface area contributed by atoms with Crippen molar-refractivity contribution >= 4 is 17.4 Å². The zero-order chi connectivity index (χ0) is 10.4. The fourth-order valence-electron chi connectivity index (χ4n) is 1.17. The van der Waals surface area contributed by atoms with Gasteiger partial charge in [-0.25, -0.2) is 0 Å². The number of para-hydroxylation sites is 1. The Morgan fingerprint density at radius 1 is 1.43 bits per heavy atom. The molecule has 0 bridgehead atoms. The highest BCUT2D eigenvalue weighted by atomic mass is 35.5. The van der Waals surface area contributed by atoms with Gasteiger partial charge in [0, 0.05) is 5.54 Å². The van der Waals surface area contributed by atoms with Crippen molar-refractivity contribution in [2.45, 2.75) is 6.92 Å². The minimum absolute atomic E-state index is 0.580. The van der Waals surface area contributed by atoms with Gasteiger partial charge in [-0.1, -0.05) is 23.7 Å². The van der Waals surface area contributed by atoms with E-state index in [-0.39, 0.29) is 0 Å². The van der Waals surface area contributed by atoms with Crippen molar-refractivity contribution in [1.82, 2.24) is 0 Å². The smallest absolute Gasteiger partial charge is 0.141 e. The Labute approximate surface area is 89.1 Å². The molecule has 0 aliphatic carbocycles. The molecular formula is C11H13ClO2. The summed E-state index contributed by atoms with van der Waals surface area (Å²) in [4.78, 5) is 0. The minimum Gasteiger partial charge on any atom is -0.496 e. The van der Waals surface area contributed by atoms with Crippen LogP contribution in [-0.2, 0) is 4.74 Å². The van der Waals surface area contributed by atoms with E-state index >= 15 is 0 Å². The summed E-state index contributed by atoms with van der Waals surface area (Å²) < 4.78 is 10.6. The third-order valence-corrected chi connectivity index (χ3v) is 1.97. The van der Waals surface area contributed by atoms with Crippen molar-refractivity contribution in [3.63, 3.8) is 0 Å². The Morgan fingerprint density at radius 3 is 2.71 bits per heavy atom. The molecule has 0 aromatic heterocycles. The molecule has 0 saturated carbocycles. The van der Waals surface area contributed by atoms with Gasteiger partial charge in [-0.2, -0.15) is 0 Å². The van der Waals surface area contributed by atoms with E-state index < -0.39 is 0 Å². The van der Waals surface area contributed by atoms with E-state index in [1.54, 1.807) is 7.11 Å². The van der Waals surface area contributed by atoms with E-state index in [1.165, 1.54) is 5.54 Å². The number of benzene rings is 1. The maximum absolute atomic E-state index is 5.67. The van der Waals surface area contributed by atoms with Gasteiger partial charge >= 0.3 is 0 Å². The van der Waals surface area contributed by atoms with Crippen molar-refractivity contribution in [3.05, 3.63) is 35.4 Å². The van der Waals surface area contributed by atoms with Crippen molar-refractivity contribution in [1.29, 1.82) is 0 Å². The third-order valence-electron chi connectivity index (χ3n) is 1.77. The Morgan fingerprint density at radius 2 is 2.14 bits per heavy atom. The van der Waals surface area contributed by atoms with Crippen LogP contribution in [0.2, 0.25) is 0 Å². The van der Waals surface area contributed by atoms with Crippen LogP contribution in [0.15, 0.2) is 29.8 Å². The zero-order valence-electron chi connectivity index (χ0n) is 8.29. The molecular weight excluding hydrogens is 200 g/mol. The van der Waals surface area contributed by atoms with Crippen molar-refractivity contribution in [2.75, 3.05) is 13.7 Å². The highest BCUT2D eigenvalue weighted by Crippen LogP contribution is 2.26. The van der Waals surface area contributed by atoms with Crippen LogP contribution in [0.5, 0.6) is 5.75 Å². The van der Waals surface area contributed by atoms with Crippen LogP contribution in [0.3, 0.4) is 0 Å². The summed E-state index contributed by atoms with van der Waals surface area (Å²) in [5.41, 5.74) is 2.29. The predicted molar refractivity (Wildman–Crippen MR) is 58.5 cm³/mol. The Bertz CT molecular complexity index is 321. The lowest BCUT2D eigenvalue weighted by Gasteiger charge is -2.11. The average molecular weight is 213 g/mol. The predicted octanol–water partition coefficient (Wildman–Crippen LogP) is 3.27. The fraction of sp³-hybridized carbons (Fsp3) is 0.273. The van der Waals surface area contributed by atoms with Gasteiger partial charge in [0.1, 0.15) is 11.5 Å². The molecule has 0 atom stereocenters. The molecule has 0 aliphatic rings. The second-order valence-electron chi connectivity index (χ2n) is 2.61. The van der Waals surface area contributed by atoms with Gasteiger partial charge in [0.05, 0.1) is 19.3 Å². The first-order chi connectivity index (χ1) is 6.83. The minimum atomic E-state index is 0.580. The zero-order valence-corrected chi connectivity index (χ0v) is 9.04. The molecule has 14 heavy (non-hydrogen) atoms. The highest BCUT2D eigenvalue weighted by Gasteiger charge is 2.07. The molecule has 0 spiro atoms. The molecule has 0 saturated heterocycles. The summed E-state index contributed by atoms with van der Waals surface area (Å²) in [5, 5.41) is 0. The third kappa shape index (κ3) is 2.42. The SMILES string of the molecule is CCO/C(=C/Cl)c1ccccc1OC.